The van der Waals surface area contributed by atoms with E-state index in [1.54, 1.807) is 12.4 Å². The van der Waals surface area contributed by atoms with Gasteiger partial charge in [0.25, 0.3) is 0 Å². The molecule has 0 aliphatic carbocycles. The molecule has 1 aliphatic heterocycles. The lowest BCUT2D eigenvalue weighted by Gasteiger charge is -2.31. The van der Waals surface area contributed by atoms with Gasteiger partial charge in [-0.2, -0.15) is 0 Å². The number of para-hydroxylation sites is 1. The maximum absolute atomic E-state index is 12.3. The first-order chi connectivity index (χ1) is 11.7. The van der Waals surface area contributed by atoms with Gasteiger partial charge >= 0.3 is 0 Å². The lowest BCUT2D eigenvalue weighted by Crippen LogP contribution is -2.42. The summed E-state index contributed by atoms with van der Waals surface area (Å²) in [5, 5.41) is 3.69. The molecule has 0 saturated carbocycles. The summed E-state index contributed by atoms with van der Waals surface area (Å²) in [6.45, 7) is 1.26. The van der Waals surface area contributed by atoms with Gasteiger partial charge in [-0.25, -0.2) is 4.98 Å². The number of H-pyrrole nitrogens is 1. The van der Waals surface area contributed by atoms with Crippen LogP contribution in [-0.4, -0.2) is 45.5 Å². The van der Waals surface area contributed by atoms with Crippen molar-refractivity contribution in [2.75, 3.05) is 24.2 Å². The summed E-state index contributed by atoms with van der Waals surface area (Å²) >= 11 is 1.40. The number of imidazole rings is 1. The zero-order valence-electron chi connectivity index (χ0n) is 13.3. The Kier molecular flexibility index (Phi) is 5.53. The van der Waals surface area contributed by atoms with E-state index in [0.717, 1.165) is 10.8 Å². The highest BCUT2D eigenvalue weighted by atomic mass is 32.2. The fraction of sp³-hybridized carbons (Fsp3) is 0.353. The van der Waals surface area contributed by atoms with Crippen LogP contribution in [0, 0.1) is 5.92 Å². The predicted octanol–water partition coefficient (Wildman–Crippen LogP) is 2.38. The van der Waals surface area contributed by atoms with Crippen molar-refractivity contribution in [3.8, 4) is 0 Å². The third-order valence-corrected chi connectivity index (χ3v) is 4.95. The predicted molar refractivity (Wildman–Crippen MR) is 93.7 cm³/mol. The molecule has 2 amide bonds. The van der Waals surface area contributed by atoms with E-state index in [1.165, 1.54) is 11.8 Å². The molecule has 0 radical (unpaired) electrons. The second-order valence-corrected chi connectivity index (χ2v) is 6.66. The average Bonchev–Trinajstić information content (AvgIpc) is 3.14. The largest absolute Gasteiger partial charge is 0.342 e. The van der Waals surface area contributed by atoms with Crippen molar-refractivity contribution in [1.82, 2.24) is 14.9 Å². The zero-order chi connectivity index (χ0) is 16.8. The number of nitrogens with one attached hydrogen (secondary N) is 2. The number of likely N-dealkylation sites (tertiary alicyclic amines) is 1. The van der Waals surface area contributed by atoms with E-state index < -0.39 is 0 Å². The van der Waals surface area contributed by atoms with Crippen LogP contribution in [-0.2, 0) is 9.59 Å². The van der Waals surface area contributed by atoms with Gasteiger partial charge < -0.3 is 15.2 Å². The van der Waals surface area contributed by atoms with Gasteiger partial charge in [0.1, 0.15) is 0 Å². The van der Waals surface area contributed by atoms with Crippen LogP contribution in [0.3, 0.4) is 0 Å². The molecule has 1 aromatic carbocycles. The number of carbonyl (C=O) groups is 2. The molecule has 3 rings (SSSR count). The molecule has 126 valence electrons. The Labute approximate surface area is 145 Å². The van der Waals surface area contributed by atoms with E-state index in [0.29, 0.717) is 31.7 Å². The lowest BCUT2D eigenvalue weighted by atomic mass is 9.96. The summed E-state index contributed by atoms with van der Waals surface area (Å²) in [6.07, 6.45) is 4.82. The van der Waals surface area contributed by atoms with E-state index in [9.17, 15) is 9.59 Å². The normalized spacial score (nSPS) is 15.2. The van der Waals surface area contributed by atoms with Crippen molar-refractivity contribution < 1.29 is 9.59 Å². The number of aromatic amines is 1. The van der Waals surface area contributed by atoms with Gasteiger partial charge in [-0.1, -0.05) is 30.0 Å². The number of carbonyl (C=O) groups excluding carboxylic acids is 2. The summed E-state index contributed by atoms with van der Waals surface area (Å²) in [7, 11) is 0. The number of rotatable bonds is 5. The first kappa shape index (κ1) is 16.6. The number of nitrogens with zero attached hydrogens (tertiary/aromatic N) is 2. The van der Waals surface area contributed by atoms with Crippen LogP contribution < -0.4 is 5.32 Å². The van der Waals surface area contributed by atoms with Gasteiger partial charge in [-0.3, -0.25) is 9.59 Å². The zero-order valence-corrected chi connectivity index (χ0v) is 14.1. The maximum Gasteiger partial charge on any atom is 0.233 e. The number of hydrogen-bond donors (Lipinski definition) is 2. The maximum atomic E-state index is 12.3. The second-order valence-electron chi connectivity index (χ2n) is 5.69. The highest BCUT2D eigenvalue weighted by molar-refractivity contribution is 7.99. The molecular weight excluding hydrogens is 324 g/mol. The molecule has 1 aromatic heterocycles. The minimum absolute atomic E-state index is 0.0352. The molecule has 24 heavy (non-hydrogen) atoms. The summed E-state index contributed by atoms with van der Waals surface area (Å²) in [5.41, 5.74) is 0.816. The van der Waals surface area contributed by atoms with Gasteiger partial charge in [-0.15, -0.1) is 0 Å². The van der Waals surface area contributed by atoms with Gasteiger partial charge in [0.2, 0.25) is 11.8 Å². The van der Waals surface area contributed by atoms with E-state index in [4.69, 9.17) is 0 Å². The molecule has 0 bridgehead atoms. The number of hydrogen-bond acceptors (Lipinski definition) is 4. The molecule has 2 aromatic rings. The fourth-order valence-corrected chi connectivity index (χ4v) is 3.44. The van der Waals surface area contributed by atoms with E-state index in [-0.39, 0.29) is 17.7 Å². The topological polar surface area (TPSA) is 78.1 Å². The standard InChI is InChI=1S/C17H20N4O2S/c22-15(12-24-17-18-8-9-19-17)21-10-6-13(7-11-21)16(23)20-14-4-2-1-3-5-14/h1-5,8-9,13H,6-7,10-12H2,(H,18,19)(H,20,23). The van der Waals surface area contributed by atoms with Crippen molar-refractivity contribution in [3.05, 3.63) is 42.7 Å². The summed E-state index contributed by atoms with van der Waals surface area (Å²) in [5.74, 6) is 0.470. The highest BCUT2D eigenvalue weighted by Crippen LogP contribution is 2.21. The van der Waals surface area contributed by atoms with Crippen molar-refractivity contribution in [2.24, 2.45) is 5.92 Å². The molecule has 1 aliphatic rings. The molecule has 1 saturated heterocycles. The average molecular weight is 344 g/mol. The monoisotopic (exact) mass is 344 g/mol. The lowest BCUT2D eigenvalue weighted by molar-refractivity contribution is -0.132. The van der Waals surface area contributed by atoms with Crippen LogP contribution in [0.15, 0.2) is 47.9 Å². The van der Waals surface area contributed by atoms with Crippen LogP contribution in [0.5, 0.6) is 0 Å². The van der Waals surface area contributed by atoms with Gasteiger partial charge in [0.15, 0.2) is 5.16 Å². The van der Waals surface area contributed by atoms with Crippen molar-refractivity contribution in [1.29, 1.82) is 0 Å². The summed E-state index contributed by atoms with van der Waals surface area (Å²) < 4.78 is 0. The minimum atomic E-state index is -0.0352. The third kappa shape index (κ3) is 4.38. The van der Waals surface area contributed by atoms with Crippen LogP contribution in [0.25, 0.3) is 0 Å². The number of aromatic nitrogens is 2. The third-order valence-electron chi connectivity index (χ3n) is 4.07. The molecule has 2 N–H and O–H groups in total. The Hall–Kier alpha value is -2.28. The fourth-order valence-electron chi connectivity index (χ4n) is 2.71. The molecule has 7 heteroatoms. The van der Waals surface area contributed by atoms with Crippen molar-refractivity contribution in [2.45, 2.75) is 18.0 Å². The molecule has 0 spiro atoms. The van der Waals surface area contributed by atoms with E-state index >= 15 is 0 Å². The number of benzene rings is 1. The summed E-state index contributed by atoms with van der Waals surface area (Å²) in [4.78, 5) is 33.4. The highest BCUT2D eigenvalue weighted by Gasteiger charge is 2.27. The number of amides is 2. The molecule has 0 atom stereocenters. The van der Waals surface area contributed by atoms with E-state index in [2.05, 4.69) is 15.3 Å². The Balaban J connectivity index is 1.43. The van der Waals surface area contributed by atoms with Gasteiger partial charge in [0, 0.05) is 37.1 Å². The number of piperidine rings is 1. The van der Waals surface area contributed by atoms with Crippen LogP contribution >= 0.6 is 11.8 Å². The summed E-state index contributed by atoms with van der Waals surface area (Å²) in [6, 6.07) is 9.46. The molecule has 6 nitrogen and oxygen atoms in total. The molecule has 0 unspecified atom stereocenters. The van der Waals surface area contributed by atoms with Crippen LogP contribution in [0.4, 0.5) is 5.69 Å². The minimum Gasteiger partial charge on any atom is -0.342 e. The van der Waals surface area contributed by atoms with Crippen LogP contribution in [0.1, 0.15) is 12.8 Å². The second kappa shape index (κ2) is 8.01. The van der Waals surface area contributed by atoms with Gasteiger partial charge in [-0.05, 0) is 25.0 Å². The molecule has 1 fully saturated rings. The SMILES string of the molecule is O=C(Nc1ccccc1)C1CCN(C(=O)CSc2ncc[nH]2)CC1. The number of anilines is 1. The van der Waals surface area contributed by atoms with E-state index in [1.807, 2.05) is 35.2 Å². The van der Waals surface area contributed by atoms with Crippen LogP contribution in [0.2, 0.25) is 0 Å². The van der Waals surface area contributed by atoms with Gasteiger partial charge in [0.05, 0.1) is 5.75 Å². The quantitative estimate of drug-likeness (QED) is 0.817. The van der Waals surface area contributed by atoms with Crippen molar-refractivity contribution in [3.63, 3.8) is 0 Å². The first-order valence-corrected chi connectivity index (χ1v) is 8.97. The molecular formula is C17H20N4O2S. The number of thioether (sulfide) groups is 1. The van der Waals surface area contributed by atoms with Crippen molar-refractivity contribution >= 4 is 29.3 Å². The Morgan fingerprint density at radius 3 is 2.67 bits per heavy atom. The first-order valence-electron chi connectivity index (χ1n) is 7.98. The smallest absolute Gasteiger partial charge is 0.233 e. The Morgan fingerprint density at radius 1 is 1.25 bits per heavy atom. The molecule has 2 heterocycles. The Morgan fingerprint density at radius 2 is 2.00 bits per heavy atom. The Bertz CT molecular complexity index is 667.